The zero-order valence-electron chi connectivity index (χ0n) is 13.0. The number of hydrogen-bond acceptors (Lipinski definition) is 4. The second kappa shape index (κ2) is 6.79. The van der Waals surface area contributed by atoms with Gasteiger partial charge in [0.15, 0.2) is 6.10 Å². The van der Waals surface area contributed by atoms with Crippen LogP contribution in [0.15, 0.2) is 42.6 Å². The number of ether oxygens (including phenoxy) is 1. The van der Waals surface area contributed by atoms with E-state index in [2.05, 4.69) is 10.3 Å². The Balaban J connectivity index is 1.67. The van der Waals surface area contributed by atoms with Gasteiger partial charge in [-0.1, -0.05) is 30.3 Å². The second-order valence-electron chi connectivity index (χ2n) is 5.74. The van der Waals surface area contributed by atoms with Gasteiger partial charge < -0.3 is 15.2 Å². The second-order valence-corrected chi connectivity index (χ2v) is 5.74. The van der Waals surface area contributed by atoms with Crippen molar-refractivity contribution < 1.29 is 14.6 Å². The van der Waals surface area contributed by atoms with Crippen molar-refractivity contribution in [3.63, 3.8) is 0 Å². The minimum absolute atomic E-state index is 0.277. The topological polar surface area (TPSA) is 71.5 Å². The number of aromatic nitrogens is 1. The molecule has 5 heteroatoms. The van der Waals surface area contributed by atoms with Crippen molar-refractivity contribution in [3.8, 4) is 5.88 Å². The number of pyridine rings is 1. The summed E-state index contributed by atoms with van der Waals surface area (Å²) in [6.07, 6.45) is 3.03. The molecule has 2 N–H and O–H groups in total. The van der Waals surface area contributed by atoms with E-state index >= 15 is 0 Å². The van der Waals surface area contributed by atoms with E-state index in [4.69, 9.17) is 4.74 Å². The van der Waals surface area contributed by atoms with Crippen molar-refractivity contribution in [3.05, 3.63) is 59.3 Å². The molecule has 1 aromatic heterocycles. The van der Waals surface area contributed by atoms with E-state index in [1.54, 1.807) is 31.4 Å². The van der Waals surface area contributed by atoms with Crippen LogP contribution in [0.4, 0.5) is 0 Å². The Hall–Kier alpha value is -2.40. The van der Waals surface area contributed by atoms with Gasteiger partial charge >= 0.3 is 0 Å². The average molecular weight is 312 g/mol. The number of nitrogens with zero attached hydrogens (tertiary/aromatic N) is 1. The van der Waals surface area contributed by atoms with Crippen LogP contribution in [0.1, 0.15) is 41.6 Å². The van der Waals surface area contributed by atoms with E-state index in [1.807, 2.05) is 18.3 Å². The van der Waals surface area contributed by atoms with Gasteiger partial charge in [0.25, 0.3) is 5.91 Å². The minimum atomic E-state index is -1.18. The lowest BCUT2D eigenvalue weighted by molar-refractivity contribution is -0.129. The predicted molar refractivity (Wildman–Crippen MR) is 86.0 cm³/mol. The number of benzene rings is 1. The summed E-state index contributed by atoms with van der Waals surface area (Å²) < 4.78 is 5.25. The SMILES string of the molecule is COc1ncc(C2CC2)cc1CNC(=O)C(O)c1ccccc1. The van der Waals surface area contributed by atoms with E-state index in [9.17, 15) is 9.90 Å². The van der Waals surface area contributed by atoms with Gasteiger partial charge in [-0.3, -0.25) is 4.79 Å². The first kappa shape index (κ1) is 15.5. The Bertz CT molecular complexity index is 684. The Kier molecular flexibility index (Phi) is 4.57. The third-order valence-corrected chi connectivity index (χ3v) is 4.01. The summed E-state index contributed by atoms with van der Waals surface area (Å²) >= 11 is 0. The highest BCUT2D eigenvalue weighted by Gasteiger charge is 2.25. The Morgan fingerprint density at radius 3 is 2.78 bits per heavy atom. The smallest absolute Gasteiger partial charge is 0.253 e. The third-order valence-electron chi connectivity index (χ3n) is 4.01. The highest BCUT2D eigenvalue weighted by molar-refractivity contribution is 5.81. The van der Waals surface area contributed by atoms with E-state index < -0.39 is 12.0 Å². The molecule has 1 aromatic carbocycles. The fourth-order valence-electron chi connectivity index (χ4n) is 2.53. The maximum Gasteiger partial charge on any atom is 0.253 e. The fourth-order valence-corrected chi connectivity index (χ4v) is 2.53. The molecule has 0 saturated heterocycles. The Morgan fingerprint density at radius 1 is 1.39 bits per heavy atom. The summed E-state index contributed by atoms with van der Waals surface area (Å²) in [5.41, 5.74) is 2.57. The lowest BCUT2D eigenvalue weighted by Gasteiger charge is -2.13. The predicted octanol–water partition coefficient (Wildman–Crippen LogP) is 2.32. The van der Waals surface area contributed by atoms with Crippen LogP contribution in [0.3, 0.4) is 0 Å². The molecule has 23 heavy (non-hydrogen) atoms. The molecule has 1 amide bonds. The maximum absolute atomic E-state index is 12.1. The molecule has 5 nitrogen and oxygen atoms in total. The lowest BCUT2D eigenvalue weighted by atomic mass is 10.1. The number of carbonyl (C=O) groups excluding carboxylic acids is 1. The quantitative estimate of drug-likeness (QED) is 0.858. The van der Waals surface area contributed by atoms with Crippen LogP contribution in [0.25, 0.3) is 0 Å². The fraction of sp³-hybridized carbons (Fsp3) is 0.333. The zero-order valence-corrected chi connectivity index (χ0v) is 13.0. The number of carbonyl (C=O) groups is 1. The molecule has 1 saturated carbocycles. The summed E-state index contributed by atoms with van der Waals surface area (Å²) in [7, 11) is 1.56. The standard InChI is InChI=1S/C18H20N2O3/c1-23-18-15(9-14(10-20-18)12-7-8-12)11-19-17(22)16(21)13-5-3-2-4-6-13/h2-6,9-10,12,16,21H,7-8,11H2,1H3,(H,19,22). The number of nitrogens with one attached hydrogen (secondary N) is 1. The van der Waals surface area contributed by atoms with E-state index in [1.165, 1.54) is 18.4 Å². The minimum Gasteiger partial charge on any atom is -0.481 e. The summed E-state index contributed by atoms with van der Waals surface area (Å²) in [6, 6.07) is 10.9. The molecule has 1 aliphatic carbocycles. The zero-order chi connectivity index (χ0) is 16.2. The molecular formula is C18H20N2O3. The average Bonchev–Trinajstić information content (AvgIpc) is 3.44. The van der Waals surface area contributed by atoms with Crippen molar-refractivity contribution in [2.24, 2.45) is 0 Å². The molecule has 0 aliphatic heterocycles. The van der Waals surface area contributed by atoms with Gasteiger partial charge in [-0.2, -0.15) is 0 Å². The first-order valence-electron chi connectivity index (χ1n) is 7.72. The van der Waals surface area contributed by atoms with Crippen LogP contribution >= 0.6 is 0 Å². The van der Waals surface area contributed by atoms with Gasteiger partial charge in [-0.25, -0.2) is 4.98 Å². The molecule has 0 radical (unpaired) electrons. The van der Waals surface area contributed by atoms with Crippen molar-refractivity contribution >= 4 is 5.91 Å². The number of amides is 1. The molecule has 0 bridgehead atoms. The molecule has 1 aliphatic rings. The van der Waals surface area contributed by atoms with Gasteiger partial charge in [-0.15, -0.1) is 0 Å². The largest absolute Gasteiger partial charge is 0.481 e. The summed E-state index contributed by atoms with van der Waals surface area (Å²) in [5, 5.41) is 12.8. The number of methoxy groups -OCH3 is 1. The van der Waals surface area contributed by atoms with Crippen LogP contribution < -0.4 is 10.1 Å². The van der Waals surface area contributed by atoms with Gasteiger partial charge in [0.2, 0.25) is 5.88 Å². The molecule has 2 aromatic rings. The molecule has 1 atom stereocenters. The number of hydrogen-bond donors (Lipinski definition) is 2. The van der Waals surface area contributed by atoms with Crippen LogP contribution in [-0.4, -0.2) is 23.1 Å². The van der Waals surface area contributed by atoms with E-state index in [0.29, 0.717) is 17.4 Å². The monoisotopic (exact) mass is 312 g/mol. The molecule has 0 spiro atoms. The first-order valence-corrected chi connectivity index (χ1v) is 7.72. The molecule has 1 fully saturated rings. The highest BCUT2D eigenvalue weighted by atomic mass is 16.5. The van der Waals surface area contributed by atoms with Crippen molar-refractivity contribution in [1.29, 1.82) is 0 Å². The number of aliphatic hydroxyl groups is 1. The Morgan fingerprint density at radius 2 is 2.13 bits per heavy atom. The van der Waals surface area contributed by atoms with Gasteiger partial charge in [0.1, 0.15) is 0 Å². The van der Waals surface area contributed by atoms with Crippen LogP contribution in [0.2, 0.25) is 0 Å². The first-order chi connectivity index (χ1) is 11.2. The third kappa shape index (κ3) is 3.68. The lowest BCUT2D eigenvalue weighted by Crippen LogP contribution is -2.29. The van der Waals surface area contributed by atoms with Crippen molar-refractivity contribution in [2.75, 3.05) is 7.11 Å². The van der Waals surface area contributed by atoms with Gasteiger partial charge in [0.05, 0.1) is 7.11 Å². The van der Waals surface area contributed by atoms with E-state index in [-0.39, 0.29) is 6.54 Å². The van der Waals surface area contributed by atoms with Gasteiger partial charge in [0, 0.05) is 18.3 Å². The highest BCUT2D eigenvalue weighted by Crippen LogP contribution is 2.40. The van der Waals surface area contributed by atoms with Crippen LogP contribution in [0, 0.1) is 0 Å². The van der Waals surface area contributed by atoms with Gasteiger partial charge in [-0.05, 0) is 36.0 Å². The number of rotatable bonds is 6. The summed E-state index contributed by atoms with van der Waals surface area (Å²) in [5.74, 6) is 0.650. The normalized spacial score (nSPS) is 15.0. The van der Waals surface area contributed by atoms with Crippen molar-refractivity contribution in [1.82, 2.24) is 10.3 Å². The molecule has 3 rings (SSSR count). The van der Waals surface area contributed by atoms with Crippen LogP contribution in [-0.2, 0) is 11.3 Å². The number of aliphatic hydroxyl groups excluding tert-OH is 1. The molecular weight excluding hydrogens is 292 g/mol. The van der Waals surface area contributed by atoms with Crippen LogP contribution in [0.5, 0.6) is 5.88 Å². The summed E-state index contributed by atoms with van der Waals surface area (Å²) in [4.78, 5) is 16.4. The maximum atomic E-state index is 12.1. The van der Waals surface area contributed by atoms with E-state index in [0.717, 1.165) is 5.56 Å². The molecule has 1 unspecified atom stereocenters. The molecule has 1 heterocycles. The Labute approximate surface area is 135 Å². The van der Waals surface area contributed by atoms with Crippen molar-refractivity contribution in [2.45, 2.75) is 31.4 Å². The summed E-state index contributed by atoms with van der Waals surface area (Å²) in [6.45, 7) is 0.277. The molecule has 120 valence electrons.